The van der Waals surface area contributed by atoms with Gasteiger partial charge in [0, 0.05) is 13.1 Å². The van der Waals surface area contributed by atoms with Crippen molar-refractivity contribution in [3.8, 4) is 0 Å². The summed E-state index contributed by atoms with van der Waals surface area (Å²) in [4.78, 5) is 55.6. The predicted molar refractivity (Wildman–Crippen MR) is 145 cm³/mol. The largest absolute Gasteiger partial charge is 0.479 e. The smallest absolute Gasteiger partial charge is 0.330 e. The second-order valence-corrected chi connectivity index (χ2v) is 11.9. The Labute approximate surface area is 231 Å². The van der Waals surface area contributed by atoms with Gasteiger partial charge in [0.25, 0.3) is 0 Å². The van der Waals surface area contributed by atoms with Crippen LogP contribution in [-0.4, -0.2) is 89.8 Å². The van der Waals surface area contributed by atoms with Crippen molar-refractivity contribution in [1.82, 2.24) is 15.1 Å². The van der Waals surface area contributed by atoms with Crippen LogP contribution in [0.3, 0.4) is 0 Å². The number of nitrogens with zero attached hydrogens (tertiary/aromatic N) is 2. The Kier molecular flexibility index (Phi) is 10.1. The van der Waals surface area contributed by atoms with E-state index in [1.807, 2.05) is 49.1 Å². The highest BCUT2D eigenvalue weighted by molar-refractivity contribution is 5.94. The topological polar surface area (TPSA) is 125 Å². The minimum absolute atomic E-state index is 0.00611. The van der Waals surface area contributed by atoms with E-state index in [1.54, 1.807) is 20.8 Å². The minimum Gasteiger partial charge on any atom is -0.479 e. The van der Waals surface area contributed by atoms with Crippen LogP contribution in [0.2, 0.25) is 0 Å². The van der Waals surface area contributed by atoms with Crippen LogP contribution in [0.1, 0.15) is 53.0 Å². The molecular weight excluding hydrogens is 502 g/mol. The third-order valence-corrected chi connectivity index (χ3v) is 7.51. The number of carboxylic acid groups (broad SMARTS) is 1. The van der Waals surface area contributed by atoms with E-state index in [1.165, 1.54) is 4.90 Å². The van der Waals surface area contributed by atoms with Crippen molar-refractivity contribution in [2.45, 2.75) is 65.5 Å². The molecule has 0 aromatic heterocycles. The highest BCUT2D eigenvalue weighted by Crippen LogP contribution is 2.53. The number of aryl methyl sites for hydroxylation is 1. The molecule has 2 N–H and O–H groups in total. The van der Waals surface area contributed by atoms with Crippen LogP contribution >= 0.6 is 0 Å². The average molecular weight is 546 g/mol. The van der Waals surface area contributed by atoms with Gasteiger partial charge in [-0.2, -0.15) is 0 Å². The maximum Gasteiger partial charge on any atom is 0.330 e. The molecule has 1 aliphatic heterocycles. The fourth-order valence-electron chi connectivity index (χ4n) is 5.05. The molecular formula is C29H43N3O7. The number of carboxylic acids is 1. The summed E-state index contributed by atoms with van der Waals surface area (Å²) in [5.41, 5.74) is -1.34. The molecule has 0 spiro atoms. The van der Waals surface area contributed by atoms with Gasteiger partial charge in [0.15, 0.2) is 6.73 Å². The van der Waals surface area contributed by atoms with Crippen molar-refractivity contribution >= 4 is 23.8 Å². The Morgan fingerprint density at radius 3 is 2.33 bits per heavy atom. The lowest BCUT2D eigenvalue weighted by Crippen LogP contribution is -2.58. The monoisotopic (exact) mass is 545 g/mol. The molecule has 1 heterocycles. The number of benzene rings is 1. The van der Waals surface area contributed by atoms with E-state index in [0.717, 1.165) is 5.56 Å². The van der Waals surface area contributed by atoms with E-state index in [-0.39, 0.29) is 37.1 Å². The normalized spacial score (nSPS) is 22.2. The lowest BCUT2D eigenvalue weighted by Gasteiger charge is -2.34. The molecule has 3 atom stereocenters. The first-order valence-electron chi connectivity index (χ1n) is 13.7. The van der Waals surface area contributed by atoms with Gasteiger partial charge in [-0.05, 0) is 57.4 Å². The van der Waals surface area contributed by atoms with E-state index in [4.69, 9.17) is 9.47 Å². The number of ether oxygens (including phenoxy) is 2. The van der Waals surface area contributed by atoms with Gasteiger partial charge in [0.1, 0.15) is 11.6 Å². The van der Waals surface area contributed by atoms with E-state index in [9.17, 15) is 24.3 Å². The number of nitrogens with one attached hydrogen (secondary N) is 1. The number of hydrogen-bond acceptors (Lipinski definition) is 7. The first kappa shape index (κ1) is 30.6. The molecule has 10 heteroatoms. The summed E-state index contributed by atoms with van der Waals surface area (Å²) < 4.78 is 10.9. The van der Waals surface area contributed by atoms with E-state index >= 15 is 0 Å². The van der Waals surface area contributed by atoms with Gasteiger partial charge in [-0.3, -0.25) is 24.2 Å². The fourth-order valence-corrected chi connectivity index (χ4v) is 5.05. The van der Waals surface area contributed by atoms with Gasteiger partial charge in [-0.1, -0.05) is 44.2 Å². The van der Waals surface area contributed by atoms with Crippen molar-refractivity contribution in [1.29, 1.82) is 0 Å². The number of morpholine rings is 1. The van der Waals surface area contributed by atoms with Gasteiger partial charge >= 0.3 is 11.9 Å². The predicted octanol–water partition coefficient (Wildman–Crippen LogP) is 2.31. The quantitative estimate of drug-likeness (QED) is 0.303. The van der Waals surface area contributed by atoms with E-state index in [0.29, 0.717) is 32.7 Å². The number of rotatable bonds is 12. The second kappa shape index (κ2) is 12.9. The molecule has 10 nitrogen and oxygen atoms in total. The molecule has 3 rings (SSSR count). The Morgan fingerprint density at radius 1 is 1.15 bits per heavy atom. The van der Waals surface area contributed by atoms with Crippen molar-refractivity contribution in [2.24, 2.45) is 17.3 Å². The van der Waals surface area contributed by atoms with Crippen LogP contribution in [-0.2, 0) is 35.1 Å². The van der Waals surface area contributed by atoms with Gasteiger partial charge in [0.05, 0.1) is 25.2 Å². The highest BCUT2D eigenvalue weighted by atomic mass is 16.5. The summed E-state index contributed by atoms with van der Waals surface area (Å²) in [6.45, 7) is 10.8. The van der Waals surface area contributed by atoms with Gasteiger partial charge < -0.3 is 19.9 Å². The molecule has 2 amide bonds. The van der Waals surface area contributed by atoms with Crippen LogP contribution in [0.4, 0.5) is 0 Å². The third-order valence-electron chi connectivity index (χ3n) is 7.51. The van der Waals surface area contributed by atoms with Crippen LogP contribution < -0.4 is 5.32 Å². The highest BCUT2D eigenvalue weighted by Gasteiger charge is 2.67. The number of amides is 2. The molecule has 2 fully saturated rings. The van der Waals surface area contributed by atoms with Crippen LogP contribution in [0.15, 0.2) is 30.3 Å². The van der Waals surface area contributed by atoms with Crippen molar-refractivity contribution < 1.29 is 33.8 Å². The van der Waals surface area contributed by atoms with E-state index < -0.39 is 41.6 Å². The van der Waals surface area contributed by atoms with Gasteiger partial charge in [-0.15, -0.1) is 0 Å². The molecule has 1 aromatic rings. The first-order valence-corrected chi connectivity index (χ1v) is 13.7. The zero-order valence-electron chi connectivity index (χ0n) is 23.8. The SMILES string of the molecule is CC(C)[C@@H]1C[C@@]1(C(=O)O)N(COC(=O)C(C)(C)C)C(=O)[C@H](CCc1ccccc1)NC(=O)CN1CCOCC1. The average Bonchev–Trinajstić information content (AvgIpc) is 3.64. The number of carbonyl (C=O) groups excluding carboxylic acids is 3. The van der Waals surface area contributed by atoms with Crippen LogP contribution in [0.25, 0.3) is 0 Å². The lowest BCUT2D eigenvalue weighted by atomic mass is 9.97. The third kappa shape index (κ3) is 7.79. The van der Waals surface area contributed by atoms with Crippen molar-refractivity contribution in [3.63, 3.8) is 0 Å². The summed E-state index contributed by atoms with van der Waals surface area (Å²) in [6, 6.07) is 8.59. The summed E-state index contributed by atoms with van der Waals surface area (Å²) >= 11 is 0. The molecule has 216 valence electrons. The molecule has 0 radical (unpaired) electrons. The molecule has 39 heavy (non-hydrogen) atoms. The lowest BCUT2D eigenvalue weighted by molar-refractivity contribution is -0.171. The molecule has 0 unspecified atom stereocenters. The van der Waals surface area contributed by atoms with Crippen molar-refractivity contribution in [2.75, 3.05) is 39.6 Å². The number of hydrogen-bond donors (Lipinski definition) is 2. The maximum absolute atomic E-state index is 14.1. The Bertz CT molecular complexity index is 1020. The Hall–Kier alpha value is -2.98. The summed E-state index contributed by atoms with van der Waals surface area (Å²) in [7, 11) is 0. The Balaban J connectivity index is 1.87. The Morgan fingerprint density at radius 2 is 1.79 bits per heavy atom. The zero-order valence-corrected chi connectivity index (χ0v) is 23.8. The fraction of sp³-hybridized carbons (Fsp3) is 0.655. The second-order valence-electron chi connectivity index (χ2n) is 11.9. The van der Waals surface area contributed by atoms with Crippen LogP contribution in [0.5, 0.6) is 0 Å². The molecule has 1 aliphatic carbocycles. The zero-order chi connectivity index (χ0) is 28.8. The molecule has 1 saturated heterocycles. The maximum atomic E-state index is 14.1. The molecule has 1 aromatic carbocycles. The van der Waals surface area contributed by atoms with E-state index in [2.05, 4.69) is 5.32 Å². The standard InChI is InChI=1S/C29H43N3O7/c1-20(2)22-17-29(22,26(35)36)32(19-39-27(37)28(3,4)5)25(34)23(12-11-21-9-7-6-8-10-21)30-24(33)18-31-13-15-38-16-14-31/h6-10,20,22-23H,11-19H2,1-5H3,(H,30,33)(H,35,36)/t22-,23-,29+/m0/s1. The van der Waals surface area contributed by atoms with Crippen molar-refractivity contribution in [3.05, 3.63) is 35.9 Å². The number of carbonyl (C=O) groups is 4. The van der Waals surface area contributed by atoms with Gasteiger partial charge in [-0.25, -0.2) is 4.79 Å². The number of aliphatic carboxylic acids is 1. The number of esters is 1. The molecule has 0 bridgehead atoms. The van der Waals surface area contributed by atoms with Gasteiger partial charge in [0.2, 0.25) is 11.8 Å². The summed E-state index contributed by atoms with van der Waals surface area (Å²) in [5.74, 6) is -2.87. The summed E-state index contributed by atoms with van der Waals surface area (Å²) in [6.07, 6.45) is 1.02. The van der Waals surface area contributed by atoms with Crippen LogP contribution in [0, 0.1) is 17.3 Å². The first-order chi connectivity index (χ1) is 18.4. The summed E-state index contributed by atoms with van der Waals surface area (Å²) in [5, 5.41) is 13.2. The minimum atomic E-state index is -1.50. The molecule has 1 saturated carbocycles. The molecule has 2 aliphatic rings.